The predicted octanol–water partition coefficient (Wildman–Crippen LogP) is 1.84. The maximum Gasteiger partial charge on any atom is 0.310 e. The number of halogens is 1. The summed E-state index contributed by atoms with van der Waals surface area (Å²) in [6, 6.07) is 8.34. The van der Waals surface area contributed by atoms with Crippen molar-refractivity contribution in [3.63, 3.8) is 0 Å². The molecule has 2 N–H and O–H groups in total. The molecule has 4 rings (SSSR count). The molecule has 3 atom stereocenters. The number of hydrogen-bond donors (Lipinski definition) is 2. The van der Waals surface area contributed by atoms with Crippen LogP contribution in [0.25, 0.3) is 10.8 Å². The number of pyridine rings is 1. The maximum atomic E-state index is 13.3. The summed E-state index contributed by atoms with van der Waals surface area (Å²) < 4.78 is 17.9. The van der Waals surface area contributed by atoms with Crippen LogP contribution in [0.2, 0.25) is 0 Å². The monoisotopic (exact) mass is 415 g/mol. The zero-order valence-electron chi connectivity index (χ0n) is 16.6. The molecule has 158 valence electrons. The van der Waals surface area contributed by atoms with Crippen LogP contribution in [0.5, 0.6) is 0 Å². The number of carbonyl (C=O) groups is 2. The minimum atomic E-state index is -2.38. The van der Waals surface area contributed by atoms with Crippen LogP contribution in [0.3, 0.4) is 0 Å². The number of fused-ring (bicyclic) bond motifs is 1. The van der Waals surface area contributed by atoms with E-state index in [0.29, 0.717) is 11.4 Å². The standard InChI is InChI=1S/C21H22FN3O5/c1-12(2)20(19(27)24-16-9-17(26)29-21(16,28)11-22)10-15(25-30-20)18-14-6-4-3-5-13(14)7-8-23-18/h3-8,12,16,28H,9-11H2,1-2H3,(H,24,27)/t16?,20-,21-/m1/s1. The molecule has 3 heterocycles. The average Bonchev–Trinajstić information content (AvgIpc) is 3.30. The first-order valence-corrected chi connectivity index (χ1v) is 9.69. The lowest BCUT2D eigenvalue weighted by atomic mass is 9.83. The summed E-state index contributed by atoms with van der Waals surface area (Å²) in [5, 5.41) is 18.7. The summed E-state index contributed by atoms with van der Waals surface area (Å²) in [5.74, 6) is -4.09. The third-order valence-electron chi connectivity index (χ3n) is 5.72. The lowest BCUT2D eigenvalue weighted by Gasteiger charge is -2.32. The lowest BCUT2D eigenvalue weighted by Crippen LogP contribution is -2.58. The molecule has 1 unspecified atom stereocenters. The Morgan fingerprint density at radius 3 is 2.87 bits per heavy atom. The van der Waals surface area contributed by atoms with E-state index < -0.39 is 36.0 Å². The van der Waals surface area contributed by atoms with Gasteiger partial charge in [-0.25, -0.2) is 4.39 Å². The Hall–Kier alpha value is -3.07. The van der Waals surface area contributed by atoms with E-state index in [1.807, 2.05) is 30.3 Å². The molecule has 0 radical (unpaired) electrons. The second-order valence-electron chi connectivity index (χ2n) is 7.91. The van der Waals surface area contributed by atoms with Crippen LogP contribution in [0, 0.1) is 5.92 Å². The van der Waals surface area contributed by atoms with Gasteiger partial charge in [-0.1, -0.05) is 43.3 Å². The Bertz CT molecular complexity index is 1040. The van der Waals surface area contributed by atoms with Crippen LogP contribution in [-0.2, 0) is 19.2 Å². The van der Waals surface area contributed by atoms with E-state index in [1.54, 1.807) is 20.0 Å². The highest BCUT2D eigenvalue weighted by molar-refractivity contribution is 6.11. The smallest absolute Gasteiger partial charge is 0.310 e. The molecule has 1 saturated heterocycles. The van der Waals surface area contributed by atoms with Gasteiger partial charge in [-0.15, -0.1) is 0 Å². The molecule has 1 amide bonds. The molecule has 0 bridgehead atoms. The highest BCUT2D eigenvalue weighted by atomic mass is 19.1. The average molecular weight is 415 g/mol. The number of ether oxygens (including phenoxy) is 1. The molecule has 1 aromatic carbocycles. The highest BCUT2D eigenvalue weighted by Crippen LogP contribution is 2.36. The number of alkyl halides is 1. The van der Waals surface area contributed by atoms with Crippen LogP contribution in [0.4, 0.5) is 4.39 Å². The van der Waals surface area contributed by atoms with Crippen LogP contribution in [0.1, 0.15) is 32.4 Å². The van der Waals surface area contributed by atoms with Gasteiger partial charge in [0.25, 0.3) is 11.7 Å². The molecule has 0 spiro atoms. The van der Waals surface area contributed by atoms with Gasteiger partial charge in [-0.05, 0) is 11.5 Å². The highest BCUT2D eigenvalue weighted by Gasteiger charge is 2.55. The third kappa shape index (κ3) is 3.19. The number of cyclic esters (lactones) is 1. The van der Waals surface area contributed by atoms with E-state index in [9.17, 15) is 19.1 Å². The first kappa shape index (κ1) is 20.2. The first-order chi connectivity index (χ1) is 14.3. The molecule has 0 saturated carbocycles. The molecule has 2 aliphatic heterocycles. The van der Waals surface area contributed by atoms with Gasteiger partial charge in [0.2, 0.25) is 5.60 Å². The summed E-state index contributed by atoms with van der Waals surface area (Å²) in [6.45, 7) is 2.26. The predicted molar refractivity (Wildman–Crippen MR) is 105 cm³/mol. The van der Waals surface area contributed by atoms with Gasteiger partial charge < -0.3 is 20.0 Å². The van der Waals surface area contributed by atoms with Crippen LogP contribution in [-0.4, -0.2) is 51.8 Å². The molecular formula is C21H22FN3O5. The number of carbonyl (C=O) groups excluding carboxylic acids is 2. The largest absolute Gasteiger partial charge is 0.428 e. The van der Waals surface area contributed by atoms with Gasteiger partial charge in [0.05, 0.1) is 12.1 Å². The fourth-order valence-corrected chi connectivity index (χ4v) is 3.82. The van der Waals surface area contributed by atoms with E-state index in [4.69, 9.17) is 4.84 Å². The van der Waals surface area contributed by atoms with Crippen molar-refractivity contribution in [2.24, 2.45) is 11.1 Å². The SMILES string of the molecule is CC(C)[C@@]1(C(=O)NC2CC(=O)O[C@]2(O)CF)CC(c2nccc3ccccc23)=NO1. The van der Waals surface area contributed by atoms with Gasteiger partial charge >= 0.3 is 5.97 Å². The molecule has 8 nitrogen and oxygen atoms in total. The van der Waals surface area contributed by atoms with Crippen molar-refractivity contribution in [1.29, 1.82) is 0 Å². The van der Waals surface area contributed by atoms with Crippen LogP contribution < -0.4 is 5.32 Å². The van der Waals surface area contributed by atoms with Crippen LogP contribution in [0.15, 0.2) is 41.7 Å². The molecule has 30 heavy (non-hydrogen) atoms. The number of aliphatic hydroxyl groups is 1. The number of amides is 1. The second-order valence-corrected chi connectivity index (χ2v) is 7.91. The van der Waals surface area contributed by atoms with Gasteiger partial charge in [0.15, 0.2) is 6.67 Å². The molecular weight excluding hydrogens is 393 g/mol. The number of nitrogens with zero attached hydrogens (tertiary/aromatic N) is 2. The zero-order chi connectivity index (χ0) is 21.5. The molecule has 2 aromatic rings. The Labute approximate surface area is 172 Å². The second kappa shape index (κ2) is 7.32. The van der Waals surface area contributed by atoms with Gasteiger partial charge in [0, 0.05) is 23.9 Å². The van der Waals surface area contributed by atoms with E-state index in [0.717, 1.165) is 10.8 Å². The third-order valence-corrected chi connectivity index (χ3v) is 5.72. The lowest BCUT2D eigenvalue weighted by molar-refractivity contribution is -0.202. The topological polar surface area (TPSA) is 110 Å². The number of oxime groups is 1. The van der Waals surface area contributed by atoms with Gasteiger partial charge in [-0.2, -0.15) is 0 Å². The van der Waals surface area contributed by atoms with Crippen molar-refractivity contribution in [2.75, 3.05) is 6.67 Å². The summed E-state index contributed by atoms with van der Waals surface area (Å²) in [5.41, 5.74) is -0.269. The zero-order valence-corrected chi connectivity index (χ0v) is 16.6. The van der Waals surface area contributed by atoms with Crippen molar-refractivity contribution >= 4 is 28.4 Å². The Morgan fingerprint density at radius 1 is 1.37 bits per heavy atom. The number of rotatable bonds is 5. The Morgan fingerprint density at radius 2 is 2.13 bits per heavy atom. The number of benzene rings is 1. The van der Waals surface area contributed by atoms with Crippen molar-refractivity contribution in [3.05, 3.63) is 42.2 Å². The molecule has 1 aromatic heterocycles. The van der Waals surface area contributed by atoms with Gasteiger partial charge in [-0.3, -0.25) is 14.6 Å². The Balaban J connectivity index is 1.61. The van der Waals surface area contributed by atoms with Crippen molar-refractivity contribution in [1.82, 2.24) is 10.3 Å². The summed E-state index contributed by atoms with van der Waals surface area (Å²) in [4.78, 5) is 34.8. The van der Waals surface area contributed by atoms with E-state index in [1.165, 1.54) is 0 Å². The molecule has 1 fully saturated rings. The van der Waals surface area contributed by atoms with E-state index in [-0.39, 0.29) is 18.8 Å². The summed E-state index contributed by atoms with van der Waals surface area (Å²) in [7, 11) is 0. The van der Waals surface area contributed by atoms with Crippen LogP contribution >= 0.6 is 0 Å². The number of aromatic nitrogens is 1. The molecule has 0 aliphatic carbocycles. The van der Waals surface area contributed by atoms with E-state index in [2.05, 4.69) is 20.2 Å². The van der Waals surface area contributed by atoms with Crippen molar-refractivity contribution in [2.45, 2.75) is 44.1 Å². The fraction of sp³-hybridized carbons (Fsp3) is 0.429. The van der Waals surface area contributed by atoms with Crippen molar-refractivity contribution < 1.29 is 28.7 Å². The summed E-state index contributed by atoms with van der Waals surface area (Å²) in [6.07, 6.45) is 1.46. The van der Waals surface area contributed by atoms with Gasteiger partial charge in [0.1, 0.15) is 11.8 Å². The molecule has 2 aliphatic rings. The number of nitrogens with one attached hydrogen (secondary N) is 1. The van der Waals surface area contributed by atoms with Crippen molar-refractivity contribution in [3.8, 4) is 0 Å². The first-order valence-electron chi connectivity index (χ1n) is 9.69. The normalized spacial score (nSPS) is 28.4. The number of esters is 1. The maximum absolute atomic E-state index is 13.3. The molecule has 9 heteroatoms. The minimum absolute atomic E-state index is 0.132. The quantitative estimate of drug-likeness (QED) is 0.721. The van der Waals surface area contributed by atoms with E-state index >= 15 is 0 Å². The Kier molecular flexibility index (Phi) is 4.93. The number of hydrogen-bond acceptors (Lipinski definition) is 7. The fourth-order valence-electron chi connectivity index (χ4n) is 3.82. The summed E-state index contributed by atoms with van der Waals surface area (Å²) >= 11 is 0. The minimum Gasteiger partial charge on any atom is -0.428 e.